The minimum Gasteiger partial charge on any atom is -0.317 e. The quantitative estimate of drug-likeness (QED) is 0.800. The van der Waals surface area contributed by atoms with E-state index in [1.165, 1.54) is 0 Å². The van der Waals surface area contributed by atoms with Gasteiger partial charge in [-0.2, -0.15) is 5.10 Å². The molecule has 3 N–H and O–H groups in total. The molecule has 2 heterocycles. The maximum Gasteiger partial charge on any atom is 0.229 e. The molecule has 1 saturated heterocycles. The minimum absolute atomic E-state index is 0. The number of hydrogen-bond donors (Lipinski definition) is 3. The summed E-state index contributed by atoms with van der Waals surface area (Å²) in [4.78, 5) is 12.4. The molecule has 1 saturated carbocycles. The normalized spacial score (nSPS) is 23.0. The molecule has 1 aliphatic carbocycles. The first kappa shape index (κ1) is 17.3. The first-order valence-electron chi connectivity index (χ1n) is 7.94. The molecule has 0 aromatic carbocycles. The van der Waals surface area contributed by atoms with E-state index in [0.29, 0.717) is 5.82 Å². The van der Waals surface area contributed by atoms with Crippen LogP contribution >= 0.6 is 12.4 Å². The van der Waals surface area contributed by atoms with Crippen LogP contribution in [0.3, 0.4) is 0 Å². The van der Waals surface area contributed by atoms with Crippen LogP contribution in [-0.4, -0.2) is 29.2 Å². The Morgan fingerprint density at radius 2 is 2.09 bits per heavy atom. The summed E-state index contributed by atoms with van der Waals surface area (Å²) < 4.78 is 0. The van der Waals surface area contributed by atoms with Gasteiger partial charge in [-0.05, 0) is 49.6 Å². The first-order valence-corrected chi connectivity index (χ1v) is 7.94. The summed E-state index contributed by atoms with van der Waals surface area (Å²) in [5, 5.41) is 13.6. The summed E-state index contributed by atoms with van der Waals surface area (Å²) in [7, 11) is 0. The molecule has 1 atom stereocenters. The van der Waals surface area contributed by atoms with Gasteiger partial charge in [0.15, 0.2) is 5.82 Å². The lowest BCUT2D eigenvalue weighted by molar-refractivity contribution is -0.118. The number of carbonyl (C=O) groups excluding carboxylic acids is 1. The minimum atomic E-state index is 0. The van der Waals surface area contributed by atoms with E-state index >= 15 is 0 Å². The van der Waals surface area contributed by atoms with E-state index in [4.69, 9.17) is 0 Å². The fourth-order valence-corrected chi connectivity index (χ4v) is 3.50. The molecule has 0 radical (unpaired) electrons. The van der Waals surface area contributed by atoms with E-state index in [1.54, 1.807) is 0 Å². The smallest absolute Gasteiger partial charge is 0.229 e. The Morgan fingerprint density at radius 1 is 1.41 bits per heavy atom. The van der Waals surface area contributed by atoms with Crippen LogP contribution in [0.1, 0.15) is 45.7 Å². The highest BCUT2D eigenvalue weighted by Gasteiger charge is 2.57. The van der Waals surface area contributed by atoms with Gasteiger partial charge in [-0.25, -0.2) is 0 Å². The number of nitrogens with zero attached hydrogens (tertiary/aromatic N) is 1. The van der Waals surface area contributed by atoms with E-state index < -0.39 is 0 Å². The number of hydrogen-bond acceptors (Lipinski definition) is 3. The molecule has 0 bridgehead atoms. The molecule has 2 fully saturated rings. The van der Waals surface area contributed by atoms with Crippen LogP contribution in [-0.2, 0) is 11.2 Å². The van der Waals surface area contributed by atoms with Crippen LogP contribution in [0.15, 0.2) is 6.07 Å². The van der Waals surface area contributed by atoms with E-state index in [1.807, 2.05) is 6.07 Å². The van der Waals surface area contributed by atoms with Gasteiger partial charge in [0, 0.05) is 17.7 Å². The summed E-state index contributed by atoms with van der Waals surface area (Å²) in [6.07, 6.45) is 4.22. The van der Waals surface area contributed by atoms with Crippen molar-refractivity contribution in [2.24, 2.45) is 16.7 Å². The van der Waals surface area contributed by atoms with Crippen molar-refractivity contribution in [3.8, 4) is 0 Å². The van der Waals surface area contributed by atoms with E-state index in [9.17, 15) is 4.79 Å². The van der Waals surface area contributed by atoms with Gasteiger partial charge >= 0.3 is 0 Å². The molecule has 1 aliphatic heterocycles. The van der Waals surface area contributed by atoms with Gasteiger partial charge in [-0.1, -0.05) is 20.8 Å². The predicted octanol–water partition coefficient (Wildman–Crippen LogP) is 2.75. The van der Waals surface area contributed by atoms with Crippen LogP contribution in [0.2, 0.25) is 0 Å². The molecule has 1 unspecified atom stereocenters. The number of halogens is 1. The van der Waals surface area contributed by atoms with Gasteiger partial charge in [-0.15, -0.1) is 12.4 Å². The summed E-state index contributed by atoms with van der Waals surface area (Å²) in [5.74, 6) is 0.989. The third-order valence-corrected chi connectivity index (χ3v) is 4.71. The number of aromatic amines is 1. The average molecular weight is 327 g/mol. The molecule has 1 aromatic heterocycles. The molecule has 1 spiro atoms. The van der Waals surface area contributed by atoms with E-state index in [2.05, 4.69) is 41.6 Å². The lowest BCUT2D eigenvalue weighted by atomic mass is 9.91. The van der Waals surface area contributed by atoms with Gasteiger partial charge in [0.25, 0.3) is 0 Å². The fraction of sp³-hybridized carbons (Fsp3) is 0.750. The van der Waals surface area contributed by atoms with Crippen LogP contribution in [0, 0.1) is 16.7 Å². The van der Waals surface area contributed by atoms with Crippen LogP contribution in [0.5, 0.6) is 0 Å². The van der Waals surface area contributed by atoms with Crippen LogP contribution in [0.25, 0.3) is 0 Å². The zero-order valence-electron chi connectivity index (χ0n) is 13.7. The lowest BCUT2D eigenvalue weighted by Gasteiger charge is -2.23. The molecule has 5 nitrogen and oxygen atoms in total. The summed E-state index contributed by atoms with van der Waals surface area (Å²) in [6.45, 7) is 8.66. The standard InChI is InChI=1S/C16H26N4O.ClH/c1-15(2,3)9-11-8-13(20-19-11)18-14(21)12-10-16(12)4-6-17-7-5-16;/h8,12,17H,4-7,9-10H2,1-3H3,(H2,18,19,20,21);1H. The Labute approximate surface area is 138 Å². The molecule has 1 aromatic rings. The Hall–Kier alpha value is -1.07. The molecule has 6 heteroatoms. The Bertz CT molecular complexity index is 528. The highest BCUT2D eigenvalue weighted by atomic mass is 35.5. The maximum absolute atomic E-state index is 12.4. The van der Waals surface area contributed by atoms with Crippen molar-refractivity contribution in [3.05, 3.63) is 11.8 Å². The number of aromatic nitrogens is 2. The molecule has 124 valence electrons. The number of H-pyrrole nitrogens is 1. The number of anilines is 1. The van der Waals surface area contributed by atoms with Crippen molar-refractivity contribution >= 4 is 24.1 Å². The second kappa shape index (κ2) is 6.20. The number of nitrogens with one attached hydrogen (secondary N) is 3. The summed E-state index contributed by atoms with van der Waals surface area (Å²) in [5.41, 5.74) is 1.56. The highest BCUT2D eigenvalue weighted by molar-refractivity contribution is 5.94. The van der Waals surface area contributed by atoms with Gasteiger partial charge in [-0.3, -0.25) is 9.89 Å². The zero-order valence-corrected chi connectivity index (χ0v) is 14.5. The van der Waals surface area contributed by atoms with E-state index in [-0.39, 0.29) is 35.1 Å². The molecule has 1 amide bonds. The Morgan fingerprint density at radius 3 is 2.73 bits per heavy atom. The van der Waals surface area contributed by atoms with Gasteiger partial charge in [0.1, 0.15) is 0 Å². The monoisotopic (exact) mass is 326 g/mol. The summed E-state index contributed by atoms with van der Waals surface area (Å²) in [6, 6.07) is 1.96. The molecule has 22 heavy (non-hydrogen) atoms. The second-order valence-electron chi connectivity index (χ2n) is 7.87. The van der Waals surface area contributed by atoms with Crippen molar-refractivity contribution in [1.82, 2.24) is 15.5 Å². The van der Waals surface area contributed by atoms with Crippen molar-refractivity contribution in [2.45, 2.75) is 46.5 Å². The topological polar surface area (TPSA) is 69.8 Å². The largest absolute Gasteiger partial charge is 0.317 e. The third kappa shape index (κ3) is 3.82. The van der Waals surface area contributed by atoms with E-state index in [0.717, 1.165) is 44.5 Å². The number of piperidine rings is 1. The highest BCUT2D eigenvalue weighted by Crippen LogP contribution is 2.58. The van der Waals surface area contributed by atoms with Crippen LogP contribution < -0.4 is 10.6 Å². The summed E-state index contributed by atoms with van der Waals surface area (Å²) >= 11 is 0. The molecule has 3 rings (SSSR count). The lowest BCUT2D eigenvalue weighted by Crippen LogP contribution is -2.31. The molecular formula is C16H27ClN4O. The van der Waals surface area contributed by atoms with Gasteiger partial charge < -0.3 is 10.6 Å². The SMILES string of the molecule is CC(C)(C)Cc1cc(NC(=O)C2CC23CCNCC3)n[nH]1.Cl. The molecular weight excluding hydrogens is 300 g/mol. The van der Waals surface area contributed by atoms with Gasteiger partial charge in [0.05, 0.1) is 0 Å². The van der Waals surface area contributed by atoms with Crippen molar-refractivity contribution in [2.75, 3.05) is 18.4 Å². The zero-order chi connectivity index (χ0) is 15.1. The predicted molar refractivity (Wildman–Crippen MR) is 90.3 cm³/mol. The van der Waals surface area contributed by atoms with Crippen molar-refractivity contribution in [1.29, 1.82) is 0 Å². The number of amides is 1. The maximum atomic E-state index is 12.4. The molecule has 2 aliphatic rings. The second-order valence-corrected chi connectivity index (χ2v) is 7.87. The Balaban J connectivity index is 0.00000176. The fourth-order valence-electron chi connectivity index (χ4n) is 3.50. The van der Waals surface area contributed by atoms with Crippen LogP contribution in [0.4, 0.5) is 5.82 Å². The van der Waals surface area contributed by atoms with Crippen molar-refractivity contribution < 1.29 is 4.79 Å². The number of carbonyl (C=O) groups is 1. The number of rotatable bonds is 3. The van der Waals surface area contributed by atoms with Crippen molar-refractivity contribution in [3.63, 3.8) is 0 Å². The Kier molecular flexibility index (Phi) is 4.87. The average Bonchev–Trinajstić information content (AvgIpc) is 2.90. The van der Waals surface area contributed by atoms with Gasteiger partial charge in [0.2, 0.25) is 5.91 Å². The first-order chi connectivity index (χ1) is 9.88. The third-order valence-electron chi connectivity index (χ3n) is 4.71.